The zero-order valence-electron chi connectivity index (χ0n) is 10.8. The van der Waals surface area contributed by atoms with Crippen molar-refractivity contribution >= 4 is 23.6 Å². The van der Waals surface area contributed by atoms with Crippen LogP contribution in [0.4, 0.5) is 5.69 Å². The van der Waals surface area contributed by atoms with Gasteiger partial charge < -0.3 is 14.8 Å². The van der Waals surface area contributed by atoms with Gasteiger partial charge in [0.2, 0.25) is 0 Å². The smallest absolute Gasteiger partial charge is 0.328 e. The molecular formula is C15H13NO4. The van der Waals surface area contributed by atoms with Crippen LogP contribution in [0.3, 0.4) is 0 Å². The van der Waals surface area contributed by atoms with Crippen LogP contribution in [0.1, 0.15) is 21.7 Å². The van der Waals surface area contributed by atoms with Crippen molar-refractivity contribution in [3.05, 3.63) is 59.6 Å². The second-order valence-corrected chi connectivity index (χ2v) is 4.18. The molecule has 2 N–H and O–H groups in total. The average Bonchev–Trinajstić information content (AvgIpc) is 2.83. The van der Waals surface area contributed by atoms with Crippen molar-refractivity contribution in [1.82, 2.24) is 0 Å². The molecule has 2 aromatic rings. The van der Waals surface area contributed by atoms with E-state index in [9.17, 15) is 9.59 Å². The van der Waals surface area contributed by atoms with Gasteiger partial charge in [-0.05, 0) is 36.8 Å². The van der Waals surface area contributed by atoms with Gasteiger partial charge in [0.1, 0.15) is 0 Å². The van der Waals surface area contributed by atoms with E-state index >= 15 is 0 Å². The molecule has 0 aliphatic rings. The molecule has 0 saturated heterocycles. The highest BCUT2D eigenvalue weighted by molar-refractivity contribution is 6.03. The summed E-state index contributed by atoms with van der Waals surface area (Å²) in [4.78, 5) is 22.4. The number of nitrogens with one attached hydrogen (secondary N) is 1. The van der Waals surface area contributed by atoms with E-state index in [2.05, 4.69) is 5.32 Å². The molecule has 0 spiro atoms. The number of aliphatic carboxylic acids is 1. The number of hydrogen-bond acceptors (Lipinski definition) is 3. The van der Waals surface area contributed by atoms with Crippen LogP contribution in [0.2, 0.25) is 0 Å². The van der Waals surface area contributed by atoms with Crippen molar-refractivity contribution in [2.45, 2.75) is 6.92 Å². The topological polar surface area (TPSA) is 79.5 Å². The highest BCUT2D eigenvalue weighted by Crippen LogP contribution is 2.15. The molecule has 102 valence electrons. The average molecular weight is 271 g/mol. The Morgan fingerprint density at radius 2 is 2.10 bits per heavy atom. The molecule has 0 saturated carbocycles. The van der Waals surface area contributed by atoms with E-state index in [0.717, 1.165) is 11.6 Å². The molecule has 1 aromatic heterocycles. The summed E-state index contributed by atoms with van der Waals surface area (Å²) in [5.41, 5.74) is 2.00. The first kappa shape index (κ1) is 13.6. The van der Waals surface area contributed by atoms with Crippen molar-refractivity contribution in [1.29, 1.82) is 0 Å². The maximum atomic E-state index is 12.0. The van der Waals surface area contributed by atoms with Crippen LogP contribution < -0.4 is 5.32 Å². The third-order valence-electron chi connectivity index (χ3n) is 2.63. The quantitative estimate of drug-likeness (QED) is 0.838. The normalized spacial score (nSPS) is 10.7. The Labute approximate surface area is 115 Å². The Morgan fingerprint density at radius 3 is 2.75 bits per heavy atom. The van der Waals surface area contributed by atoms with Gasteiger partial charge in [0.05, 0.1) is 6.26 Å². The van der Waals surface area contributed by atoms with E-state index in [4.69, 9.17) is 9.52 Å². The van der Waals surface area contributed by atoms with E-state index < -0.39 is 5.97 Å². The number of aryl methyl sites for hydroxylation is 1. The second kappa shape index (κ2) is 5.88. The molecule has 1 heterocycles. The van der Waals surface area contributed by atoms with Crippen LogP contribution in [-0.4, -0.2) is 17.0 Å². The molecule has 0 unspecified atom stereocenters. The minimum absolute atomic E-state index is 0.261. The zero-order chi connectivity index (χ0) is 14.5. The summed E-state index contributed by atoms with van der Waals surface area (Å²) in [6.45, 7) is 1.78. The van der Waals surface area contributed by atoms with Gasteiger partial charge >= 0.3 is 5.97 Å². The summed E-state index contributed by atoms with van der Waals surface area (Å²) in [7, 11) is 0. The van der Waals surface area contributed by atoms with Gasteiger partial charge in [0.25, 0.3) is 5.91 Å². The molecule has 0 aliphatic heterocycles. The lowest BCUT2D eigenvalue weighted by Gasteiger charge is -2.04. The van der Waals surface area contributed by atoms with Crippen molar-refractivity contribution in [2.24, 2.45) is 0 Å². The van der Waals surface area contributed by atoms with Gasteiger partial charge in [-0.1, -0.05) is 12.1 Å². The first-order valence-corrected chi connectivity index (χ1v) is 5.93. The molecule has 2 rings (SSSR count). The molecule has 5 nitrogen and oxygen atoms in total. The van der Waals surface area contributed by atoms with Crippen LogP contribution in [0, 0.1) is 6.92 Å². The molecule has 5 heteroatoms. The number of amides is 1. The highest BCUT2D eigenvalue weighted by Gasteiger charge is 2.12. The number of furan rings is 1. The lowest BCUT2D eigenvalue weighted by molar-refractivity contribution is -0.131. The predicted molar refractivity (Wildman–Crippen MR) is 74.5 cm³/mol. The standard InChI is InChI=1S/C15H13NO4/c1-10-7-8-20-14(10)15(19)16-12-4-2-3-11(9-12)5-6-13(17)18/h2-9H,1H3,(H,16,19)(H,17,18). The molecule has 1 aromatic carbocycles. The number of carbonyl (C=O) groups excluding carboxylic acids is 1. The number of anilines is 1. The maximum Gasteiger partial charge on any atom is 0.328 e. The van der Waals surface area contributed by atoms with Gasteiger partial charge in [-0.15, -0.1) is 0 Å². The molecule has 1 amide bonds. The van der Waals surface area contributed by atoms with Gasteiger partial charge in [0.15, 0.2) is 5.76 Å². The first-order chi connectivity index (χ1) is 9.56. The Kier molecular flexibility index (Phi) is 4.00. The van der Waals surface area contributed by atoms with E-state index in [0.29, 0.717) is 11.3 Å². The summed E-state index contributed by atoms with van der Waals surface area (Å²) < 4.78 is 5.10. The van der Waals surface area contributed by atoms with Gasteiger partial charge in [-0.2, -0.15) is 0 Å². The SMILES string of the molecule is Cc1ccoc1C(=O)Nc1cccc(C=CC(=O)O)c1. The predicted octanol–water partition coefficient (Wildman–Crippen LogP) is 2.94. The molecule has 0 atom stereocenters. The Morgan fingerprint density at radius 1 is 1.30 bits per heavy atom. The van der Waals surface area contributed by atoms with Crippen molar-refractivity contribution < 1.29 is 19.1 Å². The lowest BCUT2D eigenvalue weighted by Crippen LogP contribution is -2.12. The Balaban J connectivity index is 2.14. The largest absolute Gasteiger partial charge is 0.478 e. The second-order valence-electron chi connectivity index (χ2n) is 4.18. The van der Waals surface area contributed by atoms with E-state index in [-0.39, 0.29) is 11.7 Å². The van der Waals surface area contributed by atoms with Crippen LogP contribution in [0.15, 0.2) is 47.1 Å². The van der Waals surface area contributed by atoms with Crippen LogP contribution in [0.5, 0.6) is 0 Å². The molecule has 0 bridgehead atoms. The zero-order valence-corrected chi connectivity index (χ0v) is 10.8. The summed E-state index contributed by atoms with van der Waals surface area (Å²) >= 11 is 0. The third kappa shape index (κ3) is 3.35. The number of carbonyl (C=O) groups is 2. The van der Waals surface area contributed by atoms with Crippen molar-refractivity contribution in [2.75, 3.05) is 5.32 Å². The third-order valence-corrected chi connectivity index (χ3v) is 2.63. The van der Waals surface area contributed by atoms with Crippen molar-refractivity contribution in [3.8, 4) is 0 Å². The number of benzene rings is 1. The van der Waals surface area contributed by atoms with Crippen LogP contribution in [-0.2, 0) is 4.79 Å². The molecule has 0 fully saturated rings. The summed E-state index contributed by atoms with van der Waals surface area (Å²) in [6.07, 6.45) is 3.95. The van der Waals surface area contributed by atoms with Gasteiger partial charge in [-0.3, -0.25) is 4.79 Å². The molecule has 0 radical (unpaired) electrons. The van der Waals surface area contributed by atoms with Crippen LogP contribution >= 0.6 is 0 Å². The Bertz CT molecular complexity index is 670. The van der Waals surface area contributed by atoms with Gasteiger partial charge in [0, 0.05) is 17.3 Å². The number of hydrogen-bond donors (Lipinski definition) is 2. The fourth-order valence-electron chi connectivity index (χ4n) is 1.68. The minimum Gasteiger partial charge on any atom is -0.478 e. The number of carboxylic acid groups (broad SMARTS) is 1. The highest BCUT2D eigenvalue weighted by atomic mass is 16.4. The van der Waals surface area contributed by atoms with E-state index in [1.165, 1.54) is 12.3 Å². The first-order valence-electron chi connectivity index (χ1n) is 5.93. The molecule has 20 heavy (non-hydrogen) atoms. The summed E-state index contributed by atoms with van der Waals surface area (Å²) in [6, 6.07) is 8.57. The van der Waals surface area contributed by atoms with Crippen LogP contribution in [0.25, 0.3) is 6.08 Å². The van der Waals surface area contributed by atoms with Gasteiger partial charge in [-0.25, -0.2) is 4.79 Å². The number of carboxylic acids is 1. The summed E-state index contributed by atoms with van der Waals surface area (Å²) in [5.74, 6) is -1.10. The monoisotopic (exact) mass is 271 g/mol. The van der Waals surface area contributed by atoms with Crippen molar-refractivity contribution in [3.63, 3.8) is 0 Å². The molecule has 0 aliphatic carbocycles. The maximum absolute atomic E-state index is 12.0. The van der Waals surface area contributed by atoms with E-state index in [1.807, 2.05) is 0 Å². The Hall–Kier alpha value is -2.82. The van der Waals surface area contributed by atoms with E-state index in [1.54, 1.807) is 37.3 Å². The fourth-order valence-corrected chi connectivity index (χ4v) is 1.68. The lowest BCUT2D eigenvalue weighted by atomic mass is 10.2. The fraction of sp³-hybridized carbons (Fsp3) is 0.0667. The minimum atomic E-state index is -1.02. The molecular weight excluding hydrogens is 258 g/mol. The number of rotatable bonds is 4. The summed E-state index contributed by atoms with van der Waals surface area (Å²) in [5, 5.41) is 11.3.